The molecule has 2 aliphatic rings. The quantitative estimate of drug-likeness (QED) is 0.857. The fraction of sp³-hybridized carbons (Fsp3) is 0.529. The first kappa shape index (κ1) is 15.6. The Bertz CT molecular complexity index is 582. The van der Waals surface area contributed by atoms with Crippen LogP contribution >= 0.6 is 0 Å². The second kappa shape index (κ2) is 6.89. The van der Waals surface area contributed by atoms with Gasteiger partial charge in [-0.2, -0.15) is 0 Å². The first-order chi connectivity index (χ1) is 11.1. The maximum absolute atomic E-state index is 12.2. The highest BCUT2D eigenvalue weighted by Gasteiger charge is 2.35. The molecule has 23 heavy (non-hydrogen) atoms. The topological polar surface area (TPSA) is 73.9 Å². The lowest BCUT2D eigenvalue weighted by Gasteiger charge is -2.30. The van der Waals surface area contributed by atoms with Gasteiger partial charge in [0.2, 0.25) is 6.10 Å². The fourth-order valence-corrected chi connectivity index (χ4v) is 2.94. The van der Waals surface area contributed by atoms with Crippen molar-refractivity contribution >= 4 is 11.9 Å². The molecule has 3 rings (SSSR count). The molecule has 6 nitrogen and oxygen atoms in total. The Morgan fingerprint density at radius 3 is 2.52 bits per heavy atom. The lowest BCUT2D eigenvalue weighted by atomic mass is 10.2. The molecule has 1 heterocycles. The van der Waals surface area contributed by atoms with Gasteiger partial charge in [-0.1, -0.05) is 25.0 Å². The van der Waals surface area contributed by atoms with Gasteiger partial charge < -0.3 is 19.5 Å². The lowest BCUT2D eigenvalue weighted by molar-refractivity contribution is -0.160. The average molecular weight is 319 g/mol. The molecular formula is C17H21NO5. The summed E-state index contributed by atoms with van der Waals surface area (Å²) in [5.74, 6) is 0.245. The smallest absolute Gasteiger partial charge is 0.351 e. The summed E-state index contributed by atoms with van der Waals surface area (Å²) in [7, 11) is 0. The maximum atomic E-state index is 12.2. The Morgan fingerprint density at radius 1 is 1.17 bits per heavy atom. The van der Waals surface area contributed by atoms with Gasteiger partial charge in [0.1, 0.15) is 6.10 Å². The van der Waals surface area contributed by atoms with Gasteiger partial charge in [0.25, 0.3) is 5.91 Å². The van der Waals surface area contributed by atoms with E-state index in [4.69, 9.17) is 14.2 Å². The van der Waals surface area contributed by atoms with Gasteiger partial charge in [-0.25, -0.2) is 4.79 Å². The number of rotatable bonds is 4. The van der Waals surface area contributed by atoms with Gasteiger partial charge in [0.15, 0.2) is 18.1 Å². The van der Waals surface area contributed by atoms with Crippen molar-refractivity contribution in [1.29, 1.82) is 0 Å². The zero-order valence-electron chi connectivity index (χ0n) is 13.1. The van der Waals surface area contributed by atoms with Crippen LogP contribution in [0.15, 0.2) is 24.3 Å². The van der Waals surface area contributed by atoms with Crippen LogP contribution in [0.1, 0.15) is 32.6 Å². The first-order valence-electron chi connectivity index (χ1n) is 8.02. The molecule has 2 atom stereocenters. The SMILES string of the molecule is CC1Oc2ccccc2OC1C(=O)OCC(=O)NC1CCCC1. The molecule has 1 aliphatic carbocycles. The van der Waals surface area contributed by atoms with Crippen LogP contribution in [0.4, 0.5) is 0 Å². The monoisotopic (exact) mass is 319 g/mol. The van der Waals surface area contributed by atoms with E-state index in [0.29, 0.717) is 11.5 Å². The van der Waals surface area contributed by atoms with Gasteiger partial charge in [-0.05, 0) is 31.9 Å². The van der Waals surface area contributed by atoms with Gasteiger partial charge in [0, 0.05) is 6.04 Å². The predicted octanol–water partition coefficient (Wildman–Crippen LogP) is 1.82. The van der Waals surface area contributed by atoms with Crippen molar-refractivity contribution in [2.24, 2.45) is 0 Å². The molecule has 1 amide bonds. The van der Waals surface area contributed by atoms with E-state index < -0.39 is 18.2 Å². The number of nitrogens with one attached hydrogen (secondary N) is 1. The lowest BCUT2D eigenvalue weighted by Crippen LogP contribution is -2.45. The van der Waals surface area contributed by atoms with Crippen LogP contribution in [0, 0.1) is 0 Å². The number of ether oxygens (including phenoxy) is 3. The number of benzene rings is 1. The third-order valence-corrected chi connectivity index (χ3v) is 4.14. The summed E-state index contributed by atoms with van der Waals surface area (Å²) in [6.45, 7) is 1.45. The molecule has 1 aromatic carbocycles. The third-order valence-electron chi connectivity index (χ3n) is 4.14. The highest BCUT2D eigenvalue weighted by atomic mass is 16.6. The predicted molar refractivity (Wildman–Crippen MR) is 82.3 cm³/mol. The van der Waals surface area contributed by atoms with Crippen LogP contribution in [0.5, 0.6) is 11.5 Å². The molecule has 1 aliphatic heterocycles. The molecule has 1 saturated carbocycles. The summed E-state index contributed by atoms with van der Waals surface area (Å²) in [5.41, 5.74) is 0. The van der Waals surface area contributed by atoms with Crippen molar-refractivity contribution in [2.75, 3.05) is 6.61 Å². The molecule has 1 fully saturated rings. The highest BCUT2D eigenvalue weighted by molar-refractivity contribution is 5.82. The van der Waals surface area contributed by atoms with Crippen molar-refractivity contribution in [3.8, 4) is 11.5 Å². The first-order valence-corrected chi connectivity index (χ1v) is 8.02. The third kappa shape index (κ3) is 3.75. The zero-order valence-corrected chi connectivity index (χ0v) is 13.1. The normalized spacial score (nSPS) is 23.3. The summed E-state index contributed by atoms with van der Waals surface area (Å²) >= 11 is 0. The Morgan fingerprint density at radius 2 is 1.83 bits per heavy atom. The van der Waals surface area contributed by atoms with Crippen molar-refractivity contribution < 1.29 is 23.8 Å². The maximum Gasteiger partial charge on any atom is 0.351 e. The van der Waals surface area contributed by atoms with Crippen LogP contribution < -0.4 is 14.8 Å². The number of carbonyl (C=O) groups excluding carboxylic acids is 2. The molecule has 1 aromatic rings. The standard InChI is InChI=1S/C17H21NO5/c1-11-16(23-14-9-5-4-8-13(14)22-11)17(20)21-10-15(19)18-12-6-2-3-7-12/h4-5,8-9,11-12,16H,2-3,6-7,10H2,1H3,(H,18,19). The molecule has 0 spiro atoms. The van der Waals surface area contributed by atoms with Crippen LogP contribution in [0.3, 0.4) is 0 Å². The van der Waals surface area contributed by atoms with Gasteiger partial charge >= 0.3 is 5.97 Å². The van der Waals surface area contributed by atoms with E-state index in [1.165, 1.54) is 0 Å². The number of para-hydroxylation sites is 2. The fourth-order valence-electron chi connectivity index (χ4n) is 2.94. The molecule has 0 bridgehead atoms. The van der Waals surface area contributed by atoms with Crippen LogP contribution in [-0.4, -0.2) is 36.7 Å². The summed E-state index contributed by atoms with van der Waals surface area (Å²) < 4.78 is 16.4. The number of hydrogen-bond donors (Lipinski definition) is 1. The summed E-state index contributed by atoms with van der Waals surface area (Å²) in [4.78, 5) is 24.0. The summed E-state index contributed by atoms with van der Waals surface area (Å²) in [6.07, 6.45) is 2.91. The zero-order chi connectivity index (χ0) is 16.2. The summed E-state index contributed by atoms with van der Waals surface area (Å²) in [6, 6.07) is 7.36. The second-order valence-electron chi connectivity index (χ2n) is 5.96. The number of amides is 1. The Labute approximate surface area is 135 Å². The van der Waals surface area contributed by atoms with Crippen LogP contribution in [0.25, 0.3) is 0 Å². The van der Waals surface area contributed by atoms with E-state index in [-0.39, 0.29) is 18.6 Å². The minimum Gasteiger partial charge on any atom is -0.482 e. The number of fused-ring (bicyclic) bond motifs is 1. The molecule has 2 unspecified atom stereocenters. The van der Waals surface area contributed by atoms with Crippen LogP contribution in [-0.2, 0) is 14.3 Å². The van der Waals surface area contributed by atoms with Gasteiger partial charge in [0.05, 0.1) is 0 Å². The van der Waals surface area contributed by atoms with Gasteiger partial charge in [-0.15, -0.1) is 0 Å². The number of carbonyl (C=O) groups is 2. The van der Waals surface area contributed by atoms with Crippen molar-refractivity contribution in [1.82, 2.24) is 5.32 Å². The molecular weight excluding hydrogens is 298 g/mol. The molecule has 6 heteroatoms. The van der Waals surface area contributed by atoms with E-state index in [1.807, 2.05) is 6.07 Å². The largest absolute Gasteiger partial charge is 0.482 e. The minimum absolute atomic E-state index is 0.210. The van der Waals surface area contributed by atoms with Crippen LogP contribution in [0.2, 0.25) is 0 Å². The molecule has 0 radical (unpaired) electrons. The van der Waals surface area contributed by atoms with Gasteiger partial charge in [-0.3, -0.25) is 4.79 Å². The van der Waals surface area contributed by atoms with E-state index in [1.54, 1.807) is 25.1 Å². The molecule has 0 aromatic heterocycles. The van der Waals surface area contributed by atoms with Crippen molar-refractivity contribution in [2.45, 2.75) is 50.9 Å². The number of esters is 1. The van der Waals surface area contributed by atoms with Crippen molar-refractivity contribution in [3.63, 3.8) is 0 Å². The molecule has 124 valence electrons. The Kier molecular flexibility index (Phi) is 4.69. The van der Waals surface area contributed by atoms with Crippen molar-refractivity contribution in [3.05, 3.63) is 24.3 Å². The number of hydrogen-bond acceptors (Lipinski definition) is 5. The molecule has 0 saturated heterocycles. The second-order valence-corrected chi connectivity index (χ2v) is 5.96. The highest BCUT2D eigenvalue weighted by Crippen LogP contribution is 2.33. The van der Waals surface area contributed by atoms with E-state index in [0.717, 1.165) is 25.7 Å². The van der Waals surface area contributed by atoms with E-state index in [9.17, 15) is 9.59 Å². The van der Waals surface area contributed by atoms with E-state index in [2.05, 4.69) is 5.32 Å². The summed E-state index contributed by atoms with van der Waals surface area (Å²) in [5, 5.41) is 2.88. The average Bonchev–Trinajstić information content (AvgIpc) is 3.05. The Balaban J connectivity index is 1.51. The Hall–Kier alpha value is -2.24. The minimum atomic E-state index is -0.871. The molecule has 1 N–H and O–H groups in total. The van der Waals surface area contributed by atoms with E-state index >= 15 is 0 Å².